The number of oxazole rings is 1. The lowest BCUT2D eigenvalue weighted by Crippen LogP contribution is -2.03. The molecule has 0 spiro atoms. The highest BCUT2D eigenvalue weighted by molar-refractivity contribution is 7.99. The van der Waals surface area contributed by atoms with Gasteiger partial charge in [-0.05, 0) is 18.2 Å². The fourth-order valence-corrected chi connectivity index (χ4v) is 3.06. The molecule has 2 aromatic rings. The number of fused-ring (bicyclic) bond motifs is 1. The molecule has 1 aromatic heterocycles. The molecule has 0 atom stereocenters. The summed E-state index contributed by atoms with van der Waals surface area (Å²) in [6.07, 6.45) is 0. The van der Waals surface area contributed by atoms with E-state index in [1.165, 1.54) is 19.2 Å². The molecule has 0 fully saturated rings. The van der Waals surface area contributed by atoms with Gasteiger partial charge >= 0.3 is 5.97 Å². The number of nitrogens with zero attached hydrogens (tertiary/aromatic N) is 1. The van der Waals surface area contributed by atoms with E-state index in [1.54, 1.807) is 13.0 Å². The second kappa shape index (κ2) is 5.84. The zero-order chi connectivity index (χ0) is 14.8. The van der Waals surface area contributed by atoms with Crippen LogP contribution in [0.4, 0.5) is 0 Å². The quantitative estimate of drug-likeness (QED) is 0.615. The number of carbonyl (C=O) groups excluding carboxylic acids is 1. The van der Waals surface area contributed by atoms with Crippen LogP contribution in [-0.4, -0.2) is 38.0 Å². The number of hydrogen-bond donors (Lipinski definition) is 0. The van der Waals surface area contributed by atoms with Gasteiger partial charge in [0.1, 0.15) is 11.3 Å². The van der Waals surface area contributed by atoms with Gasteiger partial charge in [0, 0.05) is 0 Å². The topological polar surface area (TPSA) is 86.5 Å². The number of methoxy groups -OCH3 is 1. The first-order valence-electron chi connectivity index (χ1n) is 5.79. The van der Waals surface area contributed by atoms with E-state index in [-0.39, 0.29) is 22.4 Å². The number of thioether (sulfide) groups is 1. The molecule has 0 radical (unpaired) electrons. The average molecular weight is 315 g/mol. The molecule has 1 heterocycles. The van der Waals surface area contributed by atoms with Gasteiger partial charge in [0.25, 0.3) is 5.22 Å². The zero-order valence-corrected chi connectivity index (χ0v) is 12.6. The first-order valence-corrected chi connectivity index (χ1v) is 8.43. The standard InChI is InChI=1S/C12H13NO5S2/c1-3-20(15,16)8-4-5-10-9(6-8)13-12(18-10)19-7-11(14)17-2/h4-6H,3,7H2,1-2H3. The Morgan fingerprint density at radius 2 is 2.20 bits per heavy atom. The molecule has 0 aliphatic rings. The molecule has 20 heavy (non-hydrogen) atoms. The van der Waals surface area contributed by atoms with Crippen LogP contribution in [0.15, 0.2) is 32.7 Å². The molecule has 6 nitrogen and oxygen atoms in total. The summed E-state index contributed by atoms with van der Waals surface area (Å²) < 4.78 is 33.5. The highest BCUT2D eigenvalue weighted by Gasteiger charge is 2.15. The Kier molecular flexibility index (Phi) is 4.34. The first kappa shape index (κ1) is 14.9. The van der Waals surface area contributed by atoms with Crippen LogP contribution in [-0.2, 0) is 19.4 Å². The predicted octanol–water partition coefficient (Wildman–Crippen LogP) is 1.89. The summed E-state index contributed by atoms with van der Waals surface area (Å²) in [5.41, 5.74) is 0.930. The van der Waals surface area contributed by atoms with Crippen LogP contribution in [0.2, 0.25) is 0 Å². The summed E-state index contributed by atoms with van der Waals surface area (Å²) in [4.78, 5) is 15.4. The van der Waals surface area contributed by atoms with Crippen molar-refractivity contribution in [3.8, 4) is 0 Å². The van der Waals surface area contributed by atoms with E-state index in [0.717, 1.165) is 11.8 Å². The molecule has 8 heteroatoms. The summed E-state index contributed by atoms with van der Waals surface area (Å²) in [5, 5.41) is 0.302. The summed E-state index contributed by atoms with van der Waals surface area (Å²) in [5.74, 6) is -0.268. The molecule has 0 unspecified atom stereocenters. The number of benzene rings is 1. The van der Waals surface area contributed by atoms with Gasteiger partial charge in [-0.1, -0.05) is 18.7 Å². The van der Waals surface area contributed by atoms with Crippen LogP contribution >= 0.6 is 11.8 Å². The fourth-order valence-electron chi connectivity index (χ4n) is 1.49. The van der Waals surface area contributed by atoms with Gasteiger partial charge in [-0.3, -0.25) is 4.79 Å². The molecule has 0 N–H and O–H groups in total. The van der Waals surface area contributed by atoms with E-state index < -0.39 is 9.84 Å². The normalized spacial score (nSPS) is 11.7. The second-order valence-corrected chi connectivity index (χ2v) is 7.08. The predicted molar refractivity (Wildman–Crippen MR) is 74.5 cm³/mol. The van der Waals surface area contributed by atoms with Crippen LogP contribution in [0.1, 0.15) is 6.92 Å². The minimum Gasteiger partial charge on any atom is -0.468 e. The highest BCUT2D eigenvalue weighted by Crippen LogP contribution is 2.25. The van der Waals surface area contributed by atoms with Crippen molar-refractivity contribution in [3.63, 3.8) is 0 Å². The molecule has 0 bridgehead atoms. The van der Waals surface area contributed by atoms with Crippen LogP contribution in [0.3, 0.4) is 0 Å². The third-order valence-corrected chi connectivity index (χ3v) is 5.15. The van der Waals surface area contributed by atoms with Crippen LogP contribution < -0.4 is 0 Å². The van der Waals surface area contributed by atoms with E-state index in [4.69, 9.17) is 4.42 Å². The number of aromatic nitrogens is 1. The fraction of sp³-hybridized carbons (Fsp3) is 0.333. The first-order chi connectivity index (χ1) is 9.46. The van der Waals surface area contributed by atoms with Crippen LogP contribution in [0, 0.1) is 0 Å². The van der Waals surface area contributed by atoms with Gasteiger partial charge in [0.05, 0.1) is 17.8 Å². The van der Waals surface area contributed by atoms with Crippen molar-refractivity contribution in [2.75, 3.05) is 18.6 Å². The maximum absolute atomic E-state index is 11.8. The average Bonchev–Trinajstić information content (AvgIpc) is 2.86. The maximum Gasteiger partial charge on any atom is 0.316 e. The van der Waals surface area contributed by atoms with E-state index in [9.17, 15) is 13.2 Å². The number of carbonyl (C=O) groups is 1. The van der Waals surface area contributed by atoms with Crippen molar-refractivity contribution in [2.45, 2.75) is 17.0 Å². The van der Waals surface area contributed by atoms with Gasteiger partial charge in [0.2, 0.25) is 0 Å². The van der Waals surface area contributed by atoms with Gasteiger partial charge in [-0.25, -0.2) is 13.4 Å². The number of rotatable bonds is 5. The van der Waals surface area contributed by atoms with Crippen molar-refractivity contribution in [2.24, 2.45) is 0 Å². The van der Waals surface area contributed by atoms with E-state index in [0.29, 0.717) is 16.3 Å². The molecule has 0 amide bonds. The molecule has 108 valence electrons. The number of sulfone groups is 1. The van der Waals surface area contributed by atoms with E-state index >= 15 is 0 Å². The summed E-state index contributed by atoms with van der Waals surface area (Å²) in [6, 6.07) is 4.52. The molecule has 0 saturated carbocycles. The Labute approximate surface area is 120 Å². The number of esters is 1. The largest absolute Gasteiger partial charge is 0.468 e. The van der Waals surface area contributed by atoms with Gasteiger partial charge in [-0.2, -0.15) is 0 Å². The Morgan fingerprint density at radius 1 is 1.45 bits per heavy atom. The number of ether oxygens (including phenoxy) is 1. The van der Waals surface area contributed by atoms with Gasteiger partial charge in [-0.15, -0.1) is 0 Å². The van der Waals surface area contributed by atoms with Crippen molar-refractivity contribution < 1.29 is 22.4 Å². The summed E-state index contributed by atoms with van der Waals surface area (Å²) in [6.45, 7) is 1.58. The molecule has 0 aliphatic carbocycles. The Balaban J connectivity index is 2.28. The smallest absolute Gasteiger partial charge is 0.316 e. The molecular formula is C12H13NO5S2. The number of hydrogen-bond acceptors (Lipinski definition) is 7. The Bertz CT molecular complexity index is 735. The third kappa shape index (κ3) is 3.13. The Morgan fingerprint density at radius 3 is 2.85 bits per heavy atom. The lowest BCUT2D eigenvalue weighted by atomic mass is 10.3. The molecule has 0 saturated heterocycles. The summed E-state index contributed by atoms with van der Waals surface area (Å²) >= 11 is 1.10. The molecular weight excluding hydrogens is 302 g/mol. The van der Waals surface area contributed by atoms with Crippen molar-refractivity contribution in [1.29, 1.82) is 0 Å². The minimum absolute atomic E-state index is 0.0281. The zero-order valence-electron chi connectivity index (χ0n) is 11.0. The molecule has 0 aliphatic heterocycles. The highest BCUT2D eigenvalue weighted by atomic mass is 32.2. The van der Waals surface area contributed by atoms with Crippen LogP contribution in [0.5, 0.6) is 0 Å². The van der Waals surface area contributed by atoms with Gasteiger partial charge in [0.15, 0.2) is 15.4 Å². The molecule has 2 rings (SSSR count). The summed E-state index contributed by atoms with van der Waals surface area (Å²) in [7, 11) is -1.97. The second-order valence-electron chi connectivity index (χ2n) is 3.88. The van der Waals surface area contributed by atoms with Crippen molar-refractivity contribution in [3.05, 3.63) is 18.2 Å². The van der Waals surface area contributed by atoms with Crippen molar-refractivity contribution >= 4 is 38.7 Å². The SMILES string of the molecule is CCS(=O)(=O)c1ccc2oc(SCC(=O)OC)nc2c1. The minimum atomic E-state index is -3.27. The van der Waals surface area contributed by atoms with Crippen molar-refractivity contribution in [1.82, 2.24) is 4.98 Å². The van der Waals surface area contributed by atoms with Gasteiger partial charge < -0.3 is 9.15 Å². The molecule has 1 aromatic carbocycles. The lowest BCUT2D eigenvalue weighted by Gasteiger charge is -1.99. The van der Waals surface area contributed by atoms with E-state index in [2.05, 4.69) is 9.72 Å². The monoisotopic (exact) mass is 315 g/mol. The van der Waals surface area contributed by atoms with E-state index in [1.807, 2.05) is 0 Å². The maximum atomic E-state index is 11.8. The Hall–Kier alpha value is -1.54. The third-order valence-electron chi connectivity index (χ3n) is 2.62. The van der Waals surface area contributed by atoms with Crippen LogP contribution in [0.25, 0.3) is 11.1 Å². The lowest BCUT2D eigenvalue weighted by molar-refractivity contribution is -0.137.